The minimum atomic E-state index is -1.15. The first-order valence-electron chi connectivity index (χ1n) is 12.4. The molecule has 0 radical (unpaired) electrons. The lowest BCUT2D eigenvalue weighted by atomic mass is 10.0. The predicted octanol–water partition coefficient (Wildman–Crippen LogP) is 0.725. The van der Waals surface area contributed by atoms with Crippen molar-refractivity contribution in [3.05, 3.63) is 65.7 Å². The van der Waals surface area contributed by atoms with Gasteiger partial charge >= 0.3 is 0 Å². The molecule has 3 aromatic rings. The molecule has 0 saturated carbocycles. The van der Waals surface area contributed by atoms with Crippen molar-refractivity contribution in [2.45, 2.75) is 31.3 Å². The maximum absolute atomic E-state index is 13.2. The molecule has 8 N–H and O–H groups in total. The maximum atomic E-state index is 13.2. The van der Waals surface area contributed by atoms with Crippen LogP contribution in [0.2, 0.25) is 0 Å². The molecule has 3 rings (SSSR count). The van der Waals surface area contributed by atoms with E-state index in [1.54, 1.807) is 12.3 Å². The zero-order chi connectivity index (χ0) is 27.3. The van der Waals surface area contributed by atoms with E-state index in [4.69, 9.17) is 17.2 Å². The second-order valence-corrected chi connectivity index (χ2v) is 9.53. The Morgan fingerprint density at radius 1 is 0.974 bits per heavy atom. The van der Waals surface area contributed by atoms with Crippen LogP contribution in [0.15, 0.2) is 60.1 Å². The highest BCUT2D eigenvalue weighted by Crippen LogP contribution is 2.22. The van der Waals surface area contributed by atoms with Crippen LogP contribution < -0.4 is 27.8 Å². The van der Waals surface area contributed by atoms with Gasteiger partial charge in [-0.2, -0.15) is 0 Å². The van der Waals surface area contributed by atoms with Gasteiger partial charge in [-0.1, -0.05) is 36.4 Å². The lowest BCUT2D eigenvalue weighted by Gasteiger charge is -2.24. The Morgan fingerprint density at radius 3 is 2.37 bits per heavy atom. The summed E-state index contributed by atoms with van der Waals surface area (Å²) in [5.41, 5.74) is 18.9. The molecule has 12 heteroatoms. The van der Waals surface area contributed by atoms with Crippen molar-refractivity contribution < 1.29 is 14.4 Å². The van der Waals surface area contributed by atoms with Crippen LogP contribution in [0, 0.1) is 0 Å². The van der Waals surface area contributed by atoms with E-state index in [0.717, 1.165) is 10.4 Å². The number of anilines is 1. The van der Waals surface area contributed by atoms with Crippen LogP contribution in [0.3, 0.4) is 0 Å². The van der Waals surface area contributed by atoms with Crippen molar-refractivity contribution in [2.75, 3.05) is 31.5 Å². The Labute approximate surface area is 225 Å². The van der Waals surface area contributed by atoms with Crippen LogP contribution in [0.4, 0.5) is 5.95 Å². The second kappa shape index (κ2) is 14.9. The number of carbonyl (C=O) groups excluding carboxylic acids is 3. The van der Waals surface area contributed by atoms with Gasteiger partial charge < -0.3 is 27.4 Å². The summed E-state index contributed by atoms with van der Waals surface area (Å²) >= 11 is 1.52. The van der Waals surface area contributed by atoms with Crippen LogP contribution in [-0.4, -0.2) is 70.9 Å². The lowest BCUT2D eigenvalue weighted by Crippen LogP contribution is -2.52. The molecule has 2 heterocycles. The molecule has 0 unspecified atom stereocenters. The second-order valence-electron chi connectivity index (χ2n) is 8.59. The first-order chi connectivity index (χ1) is 18.4. The lowest BCUT2D eigenvalue weighted by molar-refractivity contribution is -0.134. The van der Waals surface area contributed by atoms with Gasteiger partial charge in [0.15, 0.2) is 0 Å². The highest BCUT2D eigenvalue weighted by Gasteiger charge is 2.27. The molecule has 1 aromatic carbocycles. The number of benzene rings is 1. The first kappa shape index (κ1) is 28.9. The van der Waals surface area contributed by atoms with Gasteiger partial charge in [-0.15, -0.1) is 11.3 Å². The molecule has 0 aliphatic carbocycles. The van der Waals surface area contributed by atoms with E-state index in [-0.39, 0.29) is 31.4 Å². The van der Waals surface area contributed by atoms with Crippen molar-refractivity contribution in [1.29, 1.82) is 0 Å². The van der Waals surface area contributed by atoms with Crippen molar-refractivity contribution in [1.82, 2.24) is 20.2 Å². The number of aryl methyl sites for hydroxylation is 1. The Bertz CT molecular complexity index is 1170. The average Bonchev–Trinajstić information content (AvgIpc) is 3.46. The van der Waals surface area contributed by atoms with Gasteiger partial charge in [0.1, 0.15) is 6.04 Å². The summed E-state index contributed by atoms with van der Waals surface area (Å²) in [6.45, 7) is 1.17. The Kier molecular flexibility index (Phi) is 11.3. The molecule has 2 aromatic heterocycles. The highest BCUT2D eigenvalue weighted by molar-refractivity contribution is 7.13. The van der Waals surface area contributed by atoms with Crippen molar-refractivity contribution in [3.63, 3.8) is 0 Å². The van der Waals surface area contributed by atoms with Gasteiger partial charge in [-0.3, -0.25) is 19.7 Å². The maximum Gasteiger partial charge on any atom is 0.249 e. The van der Waals surface area contributed by atoms with Crippen LogP contribution in [-0.2, 0) is 20.8 Å². The zero-order valence-corrected chi connectivity index (χ0v) is 21.9. The Morgan fingerprint density at radius 2 is 1.71 bits per heavy atom. The number of nitrogens with zero attached hydrogens (tertiary/aromatic N) is 3. The van der Waals surface area contributed by atoms with E-state index >= 15 is 0 Å². The van der Waals surface area contributed by atoms with Crippen LogP contribution in [0.5, 0.6) is 0 Å². The van der Waals surface area contributed by atoms with E-state index < -0.39 is 23.9 Å². The number of thiophene rings is 1. The number of hydrogen-bond donors (Lipinski definition) is 5. The topological polar surface area (TPSA) is 182 Å². The van der Waals surface area contributed by atoms with Gasteiger partial charge in [-0.25, -0.2) is 9.97 Å². The van der Waals surface area contributed by atoms with Gasteiger partial charge in [0.05, 0.1) is 23.0 Å². The SMILES string of the molecule is NCCN(CCN)C(=O)C[C@H](N)C(=O)N[C@@H](CCc1ccccc1)C(=O)Nc1nccc(-c2cccs2)n1. The average molecular weight is 539 g/mol. The molecule has 0 aliphatic heterocycles. The fourth-order valence-corrected chi connectivity index (χ4v) is 4.46. The standard InChI is InChI=1S/C26H34N8O3S/c27-11-14-34(15-12-28)23(35)17-19(29)24(36)31-21(9-8-18-5-2-1-3-6-18)25(37)33-26-30-13-10-20(32-26)22-7-4-16-38-22/h1-7,10,13,16,19,21H,8-9,11-12,14-15,17,27-29H2,(H,31,36)(H,30,32,33,37)/t19-,21-/m0/s1. The number of aromatic nitrogens is 2. The molecular weight excluding hydrogens is 504 g/mol. The predicted molar refractivity (Wildman–Crippen MR) is 148 cm³/mol. The molecule has 3 amide bonds. The number of carbonyl (C=O) groups is 3. The summed E-state index contributed by atoms with van der Waals surface area (Å²) in [7, 11) is 0. The Hall–Kier alpha value is -3.71. The third-order valence-electron chi connectivity index (χ3n) is 5.74. The normalized spacial score (nSPS) is 12.4. The molecule has 0 fully saturated rings. The largest absolute Gasteiger partial charge is 0.343 e. The summed E-state index contributed by atoms with van der Waals surface area (Å²) in [5, 5.41) is 7.34. The minimum Gasteiger partial charge on any atom is -0.343 e. The minimum absolute atomic E-state index is 0.124. The van der Waals surface area contributed by atoms with E-state index in [9.17, 15) is 14.4 Å². The third kappa shape index (κ3) is 8.70. The molecule has 202 valence electrons. The molecule has 0 saturated heterocycles. The van der Waals surface area contributed by atoms with Crippen molar-refractivity contribution in [2.24, 2.45) is 17.2 Å². The quantitative estimate of drug-likeness (QED) is 0.199. The molecule has 2 atom stereocenters. The van der Waals surface area contributed by atoms with E-state index in [1.807, 2.05) is 47.8 Å². The zero-order valence-electron chi connectivity index (χ0n) is 21.1. The molecule has 0 aliphatic rings. The summed E-state index contributed by atoms with van der Waals surface area (Å²) < 4.78 is 0. The van der Waals surface area contributed by atoms with Gasteiger partial charge in [0, 0.05) is 32.4 Å². The third-order valence-corrected chi connectivity index (χ3v) is 6.64. The fraction of sp³-hybridized carbons (Fsp3) is 0.346. The highest BCUT2D eigenvalue weighted by atomic mass is 32.1. The van der Waals surface area contributed by atoms with Crippen molar-refractivity contribution in [3.8, 4) is 10.6 Å². The number of nitrogens with one attached hydrogen (secondary N) is 2. The molecule has 0 bridgehead atoms. The van der Waals surface area contributed by atoms with E-state index in [1.165, 1.54) is 16.2 Å². The number of amides is 3. The van der Waals surface area contributed by atoms with Gasteiger partial charge in [0.25, 0.3) is 0 Å². The number of nitrogens with two attached hydrogens (primary N) is 3. The molecule has 11 nitrogen and oxygen atoms in total. The van der Waals surface area contributed by atoms with Gasteiger partial charge in [-0.05, 0) is 35.9 Å². The number of hydrogen-bond acceptors (Lipinski definition) is 9. The summed E-state index contributed by atoms with van der Waals surface area (Å²) in [6.07, 6.45) is 2.17. The van der Waals surface area contributed by atoms with Crippen LogP contribution in [0.25, 0.3) is 10.6 Å². The van der Waals surface area contributed by atoms with E-state index in [0.29, 0.717) is 31.6 Å². The van der Waals surface area contributed by atoms with Crippen LogP contribution >= 0.6 is 11.3 Å². The van der Waals surface area contributed by atoms with Gasteiger partial charge in [0.2, 0.25) is 23.7 Å². The molecular formula is C26H34N8O3S. The molecule has 38 heavy (non-hydrogen) atoms. The summed E-state index contributed by atoms with van der Waals surface area (Å²) in [4.78, 5) is 49.8. The monoisotopic (exact) mass is 538 g/mol. The first-order valence-corrected chi connectivity index (χ1v) is 13.2. The summed E-state index contributed by atoms with van der Waals surface area (Å²) in [6, 6.07) is 13.1. The summed E-state index contributed by atoms with van der Waals surface area (Å²) in [5.74, 6) is -1.30. The number of rotatable bonds is 14. The Balaban J connectivity index is 1.69. The van der Waals surface area contributed by atoms with Crippen LogP contribution in [0.1, 0.15) is 18.4 Å². The fourth-order valence-electron chi connectivity index (χ4n) is 3.76. The smallest absolute Gasteiger partial charge is 0.249 e. The van der Waals surface area contributed by atoms with Crippen molar-refractivity contribution >= 4 is 35.0 Å². The van der Waals surface area contributed by atoms with E-state index in [2.05, 4.69) is 20.6 Å². The molecule has 0 spiro atoms.